The van der Waals surface area contributed by atoms with Gasteiger partial charge in [0.1, 0.15) is 5.54 Å². The van der Waals surface area contributed by atoms with Crippen molar-refractivity contribution in [2.24, 2.45) is 5.73 Å². The summed E-state index contributed by atoms with van der Waals surface area (Å²) in [6, 6.07) is 4.89. The largest absolute Gasteiger partial charge is 0.368 e. The minimum absolute atomic E-state index is 0.287. The monoisotopic (exact) mass is 318 g/mol. The van der Waals surface area contributed by atoms with Gasteiger partial charge in [0.15, 0.2) is 0 Å². The molecule has 0 aromatic heterocycles. The SMILES string of the molecule is CC(C)(NC(=O)c1cc(Br)ccc1Cl)C(N)=O. The Morgan fingerprint density at radius 2 is 2.00 bits per heavy atom. The topological polar surface area (TPSA) is 72.2 Å². The number of hydrogen-bond donors (Lipinski definition) is 2. The van der Waals surface area contributed by atoms with Gasteiger partial charge in [-0.25, -0.2) is 0 Å². The van der Waals surface area contributed by atoms with Crippen LogP contribution in [0.15, 0.2) is 22.7 Å². The fraction of sp³-hybridized carbons (Fsp3) is 0.273. The highest BCUT2D eigenvalue weighted by molar-refractivity contribution is 9.10. The Labute approximate surface area is 113 Å². The van der Waals surface area contributed by atoms with Gasteiger partial charge >= 0.3 is 0 Å². The van der Waals surface area contributed by atoms with Crippen LogP contribution < -0.4 is 11.1 Å². The first-order valence-electron chi connectivity index (χ1n) is 4.81. The molecule has 0 aliphatic rings. The van der Waals surface area contributed by atoms with Crippen molar-refractivity contribution in [3.8, 4) is 0 Å². The van der Waals surface area contributed by atoms with Crippen molar-refractivity contribution in [2.75, 3.05) is 0 Å². The number of benzene rings is 1. The number of hydrogen-bond acceptors (Lipinski definition) is 2. The Morgan fingerprint density at radius 1 is 1.41 bits per heavy atom. The van der Waals surface area contributed by atoms with Crippen LogP contribution in [0, 0.1) is 0 Å². The van der Waals surface area contributed by atoms with Gasteiger partial charge in [-0.15, -0.1) is 0 Å². The number of primary amides is 1. The van der Waals surface area contributed by atoms with Crippen LogP contribution in [0.1, 0.15) is 24.2 Å². The molecule has 0 aliphatic heterocycles. The smallest absolute Gasteiger partial charge is 0.253 e. The molecule has 4 nitrogen and oxygen atoms in total. The maximum atomic E-state index is 11.9. The molecule has 92 valence electrons. The van der Waals surface area contributed by atoms with Crippen molar-refractivity contribution in [2.45, 2.75) is 19.4 Å². The van der Waals surface area contributed by atoms with Gasteiger partial charge in [0.05, 0.1) is 10.6 Å². The number of halogens is 2. The first-order chi connectivity index (χ1) is 7.74. The van der Waals surface area contributed by atoms with Crippen LogP contribution in [0.4, 0.5) is 0 Å². The quantitative estimate of drug-likeness (QED) is 0.895. The van der Waals surface area contributed by atoms with Crippen molar-refractivity contribution in [1.29, 1.82) is 0 Å². The highest BCUT2D eigenvalue weighted by atomic mass is 79.9. The van der Waals surface area contributed by atoms with Gasteiger partial charge in [0.25, 0.3) is 5.91 Å². The van der Waals surface area contributed by atoms with E-state index in [4.69, 9.17) is 17.3 Å². The Balaban J connectivity index is 2.98. The number of nitrogens with one attached hydrogen (secondary N) is 1. The van der Waals surface area contributed by atoms with Crippen LogP contribution in [0.3, 0.4) is 0 Å². The standard InChI is InChI=1S/C11H12BrClN2O2/c1-11(2,10(14)17)15-9(16)7-5-6(12)3-4-8(7)13/h3-5H,1-2H3,(H2,14,17)(H,15,16). The summed E-state index contributed by atoms with van der Waals surface area (Å²) in [5.41, 5.74) is 4.33. The van der Waals surface area contributed by atoms with Crippen LogP contribution in [0.2, 0.25) is 5.02 Å². The lowest BCUT2D eigenvalue weighted by atomic mass is 10.0. The summed E-state index contributed by atoms with van der Waals surface area (Å²) in [6.45, 7) is 3.05. The Hall–Kier alpha value is -1.07. The van der Waals surface area contributed by atoms with E-state index in [0.717, 1.165) is 4.47 Å². The second-order valence-corrected chi connectivity index (χ2v) is 5.39. The van der Waals surface area contributed by atoms with Gasteiger partial charge in [-0.1, -0.05) is 27.5 Å². The molecule has 0 saturated carbocycles. The highest BCUT2D eigenvalue weighted by Crippen LogP contribution is 2.21. The van der Waals surface area contributed by atoms with Gasteiger partial charge in [0.2, 0.25) is 5.91 Å². The average Bonchev–Trinajstić information content (AvgIpc) is 2.20. The van der Waals surface area contributed by atoms with Crippen LogP contribution >= 0.6 is 27.5 Å². The van der Waals surface area contributed by atoms with Gasteiger partial charge in [-0.3, -0.25) is 9.59 Å². The molecule has 0 atom stereocenters. The summed E-state index contributed by atoms with van der Waals surface area (Å²) in [6.07, 6.45) is 0. The highest BCUT2D eigenvalue weighted by Gasteiger charge is 2.28. The molecular formula is C11H12BrClN2O2. The van der Waals surface area contributed by atoms with Crippen molar-refractivity contribution in [3.63, 3.8) is 0 Å². The molecular weight excluding hydrogens is 307 g/mol. The predicted octanol–water partition coefficient (Wildman–Crippen LogP) is 2.10. The van der Waals surface area contributed by atoms with E-state index in [1.54, 1.807) is 18.2 Å². The minimum atomic E-state index is -1.12. The lowest BCUT2D eigenvalue weighted by Crippen LogP contribution is -2.53. The lowest BCUT2D eigenvalue weighted by Gasteiger charge is -2.22. The Kier molecular flexibility index (Phi) is 4.16. The Morgan fingerprint density at radius 3 is 2.53 bits per heavy atom. The maximum Gasteiger partial charge on any atom is 0.253 e. The van der Waals surface area contributed by atoms with Gasteiger partial charge < -0.3 is 11.1 Å². The predicted molar refractivity (Wildman–Crippen MR) is 69.9 cm³/mol. The van der Waals surface area contributed by atoms with Gasteiger partial charge in [-0.05, 0) is 32.0 Å². The van der Waals surface area contributed by atoms with E-state index >= 15 is 0 Å². The summed E-state index contributed by atoms with van der Waals surface area (Å²) in [5.74, 6) is -1.06. The molecule has 0 bridgehead atoms. The normalized spacial score (nSPS) is 11.1. The van der Waals surface area contributed by atoms with Crippen LogP contribution in [0.5, 0.6) is 0 Å². The molecule has 0 saturated heterocycles. The zero-order valence-corrected chi connectivity index (χ0v) is 11.7. The number of carbonyl (C=O) groups is 2. The number of carbonyl (C=O) groups excluding carboxylic acids is 2. The number of nitrogens with two attached hydrogens (primary N) is 1. The molecule has 0 spiro atoms. The second-order valence-electron chi connectivity index (χ2n) is 4.07. The molecule has 0 aliphatic carbocycles. The van der Waals surface area contributed by atoms with E-state index < -0.39 is 17.4 Å². The minimum Gasteiger partial charge on any atom is -0.368 e. The summed E-state index contributed by atoms with van der Waals surface area (Å²) < 4.78 is 0.726. The van der Waals surface area contributed by atoms with E-state index in [9.17, 15) is 9.59 Å². The summed E-state index contributed by atoms with van der Waals surface area (Å²) in [5, 5.41) is 2.83. The van der Waals surface area contributed by atoms with Crippen molar-refractivity contribution in [3.05, 3.63) is 33.3 Å². The molecule has 1 rings (SSSR count). The van der Waals surface area contributed by atoms with E-state index in [-0.39, 0.29) is 5.56 Å². The van der Waals surface area contributed by atoms with E-state index in [2.05, 4.69) is 21.2 Å². The van der Waals surface area contributed by atoms with E-state index in [1.807, 2.05) is 0 Å². The summed E-state index contributed by atoms with van der Waals surface area (Å²) in [7, 11) is 0. The summed E-state index contributed by atoms with van der Waals surface area (Å²) in [4.78, 5) is 23.0. The van der Waals surface area contributed by atoms with E-state index in [0.29, 0.717) is 5.02 Å². The molecule has 3 N–H and O–H groups in total. The zero-order valence-electron chi connectivity index (χ0n) is 9.38. The fourth-order valence-corrected chi connectivity index (χ4v) is 1.65. The number of rotatable bonds is 3. The molecule has 1 aromatic carbocycles. The van der Waals surface area contributed by atoms with Crippen LogP contribution in [-0.2, 0) is 4.79 Å². The average molecular weight is 320 g/mol. The molecule has 0 radical (unpaired) electrons. The first kappa shape index (κ1) is 14.0. The second kappa shape index (κ2) is 5.06. The zero-order chi connectivity index (χ0) is 13.2. The van der Waals surface area contributed by atoms with Gasteiger partial charge in [-0.2, -0.15) is 0 Å². The molecule has 1 aromatic rings. The van der Waals surface area contributed by atoms with Crippen molar-refractivity contribution in [1.82, 2.24) is 5.32 Å². The first-order valence-corrected chi connectivity index (χ1v) is 5.98. The van der Waals surface area contributed by atoms with Crippen LogP contribution in [-0.4, -0.2) is 17.4 Å². The third kappa shape index (κ3) is 3.44. The number of amides is 2. The van der Waals surface area contributed by atoms with Crippen LogP contribution in [0.25, 0.3) is 0 Å². The molecule has 0 unspecified atom stereocenters. The maximum absolute atomic E-state index is 11.9. The third-order valence-corrected chi connectivity index (χ3v) is 3.04. The van der Waals surface area contributed by atoms with Gasteiger partial charge in [0, 0.05) is 4.47 Å². The fourth-order valence-electron chi connectivity index (χ4n) is 1.08. The van der Waals surface area contributed by atoms with Crippen molar-refractivity contribution < 1.29 is 9.59 Å². The molecule has 2 amide bonds. The lowest BCUT2D eigenvalue weighted by molar-refractivity contribution is -0.122. The van der Waals surface area contributed by atoms with Crippen molar-refractivity contribution >= 4 is 39.3 Å². The summed E-state index contributed by atoms with van der Waals surface area (Å²) >= 11 is 9.14. The molecule has 0 heterocycles. The molecule has 6 heteroatoms. The third-order valence-electron chi connectivity index (χ3n) is 2.22. The Bertz CT molecular complexity index is 475. The molecule has 17 heavy (non-hydrogen) atoms. The van der Waals surface area contributed by atoms with E-state index in [1.165, 1.54) is 13.8 Å². The molecule has 0 fully saturated rings.